The van der Waals surface area contributed by atoms with Gasteiger partial charge in [0.2, 0.25) is 0 Å². The topological polar surface area (TPSA) is 3.24 Å². The normalized spacial score (nSPS) is 11.3. The summed E-state index contributed by atoms with van der Waals surface area (Å²) < 4.78 is 1.11. The Balaban J connectivity index is 3.83. The number of rotatable bonds is 11. The largest absolute Gasteiger partial charge is 0.357 e. The molecule has 20 heavy (non-hydrogen) atoms. The molecular weight excluding hydrogens is 282 g/mol. The highest BCUT2D eigenvalue weighted by molar-refractivity contribution is 8.22. The van der Waals surface area contributed by atoms with E-state index >= 15 is 0 Å². The molecule has 0 atom stereocenters. The molecule has 0 saturated heterocycles. The van der Waals surface area contributed by atoms with E-state index in [9.17, 15) is 0 Å². The second-order valence-electron chi connectivity index (χ2n) is 6.57. The van der Waals surface area contributed by atoms with Crippen LogP contribution in [0.4, 0.5) is 0 Å². The molecule has 1 nitrogen and oxygen atoms in total. The molecular formula is C17H35NS2. The summed E-state index contributed by atoms with van der Waals surface area (Å²) in [7, 11) is 0. The third-order valence-corrected chi connectivity index (χ3v) is 4.76. The molecule has 0 N–H and O–H groups in total. The molecule has 0 aromatic carbocycles. The highest BCUT2D eigenvalue weighted by Gasteiger charge is 2.13. The molecule has 0 heterocycles. The zero-order valence-electron chi connectivity index (χ0n) is 14.3. The Morgan fingerprint density at radius 2 is 1.40 bits per heavy atom. The summed E-state index contributed by atoms with van der Waals surface area (Å²) in [6.07, 6.45) is 8.19. The van der Waals surface area contributed by atoms with Gasteiger partial charge in [-0.05, 0) is 18.3 Å². The van der Waals surface area contributed by atoms with Gasteiger partial charge in [0.15, 0.2) is 0 Å². The molecule has 3 heteroatoms. The maximum absolute atomic E-state index is 5.62. The molecule has 120 valence electrons. The monoisotopic (exact) mass is 317 g/mol. The zero-order chi connectivity index (χ0) is 15.4. The predicted octanol–water partition coefficient (Wildman–Crippen LogP) is 5.98. The molecule has 0 spiro atoms. The van der Waals surface area contributed by atoms with E-state index in [0.717, 1.165) is 17.4 Å². The van der Waals surface area contributed by atoms with Gasteiger partial charge in [0.1, 0.15) is 4.32 Å². The van der Waals surface area contributed by atoms with Crippen LogP contribution in [0.15, 0.2) is 0 Å². The van der Waals surface area contributed by atoms with Crippen LogP contribution in [0.3, 0.4) is 0 Å². The van der Waals surface area contributed by atoms with E-state index in [1.54, 1.807) is 0 Å². The minimum atomic E-state index is 0.682. The van der Waals surface area contributed by atoms with Gasteiger partial charge in [-0.3, -0.25) is 0 Å². The second-order valence-corrected chi connectivity index (χ2v) is 8.30. The molecule has 0 aliphatic carbocycles. The Morgan fingerprint density at radius 1 is 0.900 bits per heavy atom. The van der Waals surface area contributed by atoms with E-state index in [1.165, 1.54) is 44.3 Å². The van der Waals surface area contributed by atoms with Gasteiger partial charge in [-0.1, -0.05) is 90.7 Å². The summed E-state index contributed by atoms with van der Waals surface area (Å²) in [5, 5.41) is 0. The van der Waals surface area contributed by atoms with Crippen molar-refractivity contribution < 1.29 is 0 Å². The SMILES string of the molecule is CCCCCCCCSC(=S)N(CC(C)C)CC(C)C. The van der Waals surface area contributed by atoms with Gasteiger partial charge in [0.25, 0.3) is 0 Å². The van der Waals surface area contributed by atoms with Gasteiger partial charge in [0.05, 0.1) is 0 Å². The first-order valence-electron chi connectivity index (χ1n) is 8.39. The van der Waals surface area contributed by atoms with Crippen molar-refractivity contribution in [2.24, 2.45) is 11.8 Å². The molecule has 0 amide bonds. The third kappa shape index (κ3) is 12.0. The highest BCUT2D eigenvalue weighted by atomic mass is 32.2. The fraction of sp³-hybridized carbons (Fsp3) is 0.941. The molecule has 0 aromatic rings. The number of unbranched alkanes of at least 4 members (excludes halogenated alkanes) is 5. The summed E-state index contributed by atoms with van der Waals surface area (Å²) >= 11 is 7.51. The average Bonchev–Trinajstić information content (AvgIpc) is 2.35. The van der Waals surface area contributed by atoms with Crippen LogP contribution in [-0.2, 0) is 0 Å². The van der Waals surface area contributed by atoms with Crippen LogP contribution in [0.25, 0.3) is 0 Å². The molecule has 0 saturated carbocycles. The maximum Gasteiger partial charge on any atom is 0.136 e. The second kappa shape index (κ2) is 12.9. The molecule has 0 unspecified atom stereocenters. The minimum absolute atomic E-state index is 0.682. The fourth-order valence-electron chi connectivity index (χ4n) is 2.24. The first-order chi connectivity index (χ1) is 9.47. The van der Waals surface area contributed by atoms with Crippen LogP contribution in [0.5, 0.6) is 0 Å². The Morgan fingerprint density at radius 3 is 1.90 bits per heavy atom. The molecule has 0 aromatic heterocycles. The number of nitrogens with zero attached hydrogens (tertiary/aromatic N) is 1. The van der Waals surface area contributed by atoms with Crippen molar-refractivity contribution in [3.63, 3.8) is 0 Å². The van der Waals surface area contributed by atoms with Crippen molar-refractivity contribution in [3.8, 4) is 0 Å². The van der Waals surface area contributed by atoms with Crippen molar-refractivity contribution in [2.75, 3.05) is 18.8 Å². The smallest absolute Gasteiger partial charge is 0.136 e. The Labute approximate surface area is 137 Å². The van der Waals surface area contributed by atoms with Crippen LogP contribution in [-0.4, -0.2) is 28.1 Å². The first kappa shape index (κ1) is 20.2. The van der Waals surface area contributed by atoms with Crippen molar-refractivity contribution in [2.45, 2.75) is 73.1 Å². The highest BCUT2D eigenvalue weighted by Crippen LogP contribution is 2.16. The fourth-order valence-corrected chi connectivity index (χ4v) is 3.49. The standard InChI is InChI=1S/C17H35NS2/c1-6-7-8-9-10-11-12-20-17(19)18(13-15(2)3)14-16(4)5/h15-16H,6-14H2,1-5H3. The average molecular weight is 318 g/mol. The summed E-state index contributed by atoms with van der Waals surface area (Å²) in [5.41, 5.74) is 0. The number of thioether (sulfide) groups is 1. The van der Waals surface area contributed by atoms with Gasteiger partial charge in [0, 0.05) is 18.8 Å². The lowest BCUT2D eigenvalue weighted by atomic mass is 10.1. The van der Waals surface area contributed by atoms with Crippen LogP contribution >= 0.6 is 24.0 Å². The van der Waals surface area contributed by atoms with E-state index in [0.29, 0.717) is 11.8 Å². The molecule has 0 radical (unpaired) electrons. The number of thiocarbonyl (C=S) groups is 1. The van der Waals surface area contributed by atoms with E-state index in [-0.39, 0.29) is 0 Å². The van der Waals surface area contributed by atoms with Gasteiger partial charge >= 0.3 is 0 Å². The van der Waals surface area contributed by atoms with Gasteiger partial charge in [-0.25, -0.2) is 0 Å². The third-order valence-electron chi connectivity index (χ3n) is 3.15. The number of hydrogen-bond acceptors (Lipinski definition) is 2. The lowest BCUT2D eigenvalue weighted by Crippen LogP contribution is -2.34. The molecule has 0 aliphatic rings. The summed E-state index contributed by atoms with van der Waals surface area (Å²) in [4.78, 5) is 2.41. The van der Waals surface area contributed by atoms with E-state index in [2.05, 4.69) is 39.5 Å². The van der Waals surface area contributed by atoms with Gasteiger partial charge in [-0.2, -0.15) is 0 Å². The molecule has 0 rings (SSSR count). The van der Waals surface area contributed by atoms with Crippen LogP contribution in [0, 0.1) is 11.8 Å². The quantitative estimate of drug-likeness (QED) is 0.341. The maximum atomic E-state index is 5.62. The Kier molecular flexibility index (Phi) is 13.1. The summed E-state index contributed by atoms with van der Waals surface area (Å²) in [5.74, 6) is 2.56. The molecule has 0 bridgehead atoms. The predicted molar refractivity (Wildman–Crippen MR) is 99.7 cm³/mol. The lowest BCUT2D eigenvalue weighted by Gasteiger charge is -2.28. The van der Waals surface area contributed by atoms with Crippen LogP contribution in [0.2, 0.25) is 0 Å². The summed E-state index contributed by atoms with van der Waals surface area (Å²) in [6.45, 7) is 13.6. The Hall–Kier alpha value is 0.240. The van der Waals surface area contributed by atoms with Crippen molar-refractivity contribution in [1.29, 1.82) is 0 Å². The van der Waals surface area contributed by atoms with Gasteiger partial charge < -0.3 is 4.90 Å². The van der Waals surface area contributed by atoms with Crippen LogP contribution in [0.1, 0.15) is 73.1 Å². The van der Waals surface area contributed by atoms with Crippen molar-refractivity contribution >= 4 is 28.3 Å². The van der Waals surface area contributed by atoms with Gasteiger partial charge in [-0.15, -0.1) is 0 Å². The zero-order valence-corrected chi connectivity index (χ0v) is 15.9. The molecule has 0 fully saturated rings. The van der Waals surface area contributed by atoms with Crippen molar-refractivity contribution in [3.05, 3.63) is 0 Å². The van der Waals surface area contributed by atoms with E-state index < -0.39 is 0 Å². The first-order valence-corrected chi connectivity index (χ1v) is 9.78. The van der Waals surface area contributed by atoms with E-state index in [4.69, 9.17) is 12.2 Å². The number of hydrogen-bond donors (Lipinski definition) is 0. The lowest BCUT2D eigenvalue weighted by molar-refractivity contribution is 0.337. The minimum Gasteiger partial charge on any atom is -0.357 e. The van der Waals surface area contributed by atoms with E-state index in [1.807, 2.05) is 11.8 Å². The Bertz CT molecular complexity index is 229. The van der Waals surface area contributed by atoms with Crippen LogP contribution < -0.4 is 0 Å². The van der Waals surface area contributed by atoms with Crippen molar-refractivity contribution in [1.82, 2.24) is 4.90 Å². The summed E-state index contributed by atoms with van der Waals surface area (Å²) in [6, 6.07) is 0. The molecule has 0 aliphatic heterocycles.